The van der Waals surface area contributed by atoms with Crippen molar-refractivity contribution in [1.29, 1.82) is 0 Å². The van der Waals surface area contributed by atoms with Gasteiger partial charge < -0.3 is 20.2 Å². The van der Waals surface area contributed by atoms with Crippen LogP contribution in [0.1, 0.15) is 24.5 Å². The fourth-order valence-corrected chi connectivity index (χ4v) is 2.95. The lowest BCUT2D eigenvalue weighted by atomic mass is 9.95. The average Bonchev–Trinajstić information content (AvgIpc) is 2.56. The number of likely N-dealkylation sites (tertiary alicyclic amines) is 1. The largest absolute Gasteiger partial charge is 0.387 e. The maximum atomic E-state index is 12.1. The molecule has 0 spiro atoms. The molecule has 0 bridgehead atoms. The van der Waals surface area contributed by atoms with E-state index < -0.39 is 6.10 Å². The summed E-state index contributed by atoms with van der Waals surface area (Å²) in [7, 11) is 4.01. The van der Waals surface area contributed by atoms with E-state index in [1.54, 1.807) is 0 Å². The lowest BCUT2D eigenvalue weighted by molar-refractivity contribution is -0.126. The molecule has 0 radical (unpaired) electrons. The Labute approximate surface area is 139 Å². The van der Waals surface area contributed by atoms with Crippen LogP contribution < -0.4 is 5.32 Å². The quantitative estimate of drug-likeness (QED) is 0.790. The van der Waals surface area contributed by atoms with Crippen LogP contribution >= 0.6 is 0 Å². The number of amides is 1. The maximum absolute atomic E-state index is 12.1. The summed E-state index contributed by atoms with van der Waals surface area (Å²) >= 11 is 0. The molecular weight excluding hydrogens is 290 g/mol. The highest BCUT2D eigenvalue weighted by Gasteiger charge is 2.25. The van der Waals surface area contributed by atoms with Gasteiger partial charge in [0, 0.05) is 25.6 Å². The topological polar surface area (TPSA) is 55.8 Å². The summed E-state index contributed by atoms with van der Waals surface area (Å²) in [5.74, 6) is 0.289. The molecule has 1 heterocycles. The molecule has 2 rings (SSSR count). The van der Waals surface area contributed by atoms with E-state index in [1.807, 2.05) is 44.4 Å². The van der Waals surface area contributed by atoms with Crippen LogP contribution in [0.3, 0.4) is 0 Å². The highest BCUT2D eigenvalue weighted by Crippen LogP contribution is 2.20. The number of hydrogen-bond donors (Lipinski definition) is 2. The van der Waals surface area contributed by atoms with Crippen molar-refractivity contribution in [1.82, 2.24) is 15.1 Å². The van der Waals surface area contributed by atoms with Crippen molar-refractivity contribution in [3.8, 4) is 0 Å². The van der Waals surface area contributed by atoms with Gasteiger partial charge in [0.25, 0.3) is 0 Å². The standard InChI is InChI=1S/C18H29N3O2/c1-20(2)13-10-19-18(23)16-8-11-21(12-9-16)14-17(22)15-6-4-3-5-7-15/h3-7,16-17,22H,8-14H2,1-2H3,(H,19,23). The number of carbonyl (C=O) groups excluding carboxylic acids is 1. The van der Waals surface area contributed by atoms with E-state index in [0.717, 1.165) is 38.0 Å². The summed E-state index contributed by atoms with van der Waals surface area (Å²) < 4.78 is 0. The normalized spacial score (nSPS) is 18.1. The lowest BCUT2D eigenvalue weighted by Crippen LogP contribution is -2.43. The minimum Gasteiger partial charge on any atom is -0.387 e. The van der Waals surface area contributed by atoms with Crippen LogP contribution in [0.25, 0.3) is 0 Å². The predicted molar refractivity (Wildman–Crippen MR) is 92.1 cm³/mol. The zero-order valence-corrected chi connectivity index (χ0v) is 14.2. The van der Waals surface area contributed by atoms with Crippen molar-refractivity contribution in [2.75, 3.05) is 46.8 Å². The minimum absolute atomic E-state index is 0.113. The summed E-state index contributed by atoms with van der Waals surface area (Å²) in [5.41, 5.74) is 0.955. The van der Waals surface area contributed by atoms with Crippen LogP contribution in [0, 0.1) is 5.92 Å². The van der Waals surface area contributed by atoms with Gasteiger partial charge in [0.15, 0.2) is 0 Å². The smallest absolute Gasteiger partial charge is 0.223 e. The fraction of sp³-hybridized carbons (Fsp3) is 0.611. The molecule has 1 amide bonds. The third-order valence-electron chi connectivity index (χ3n) is 4.43. The molecule has 5 heteroatoms. The second-order valence-electron chi connectivity index (χ2n) is 6.60. The van der Waals surface area contributed by atoms with Crippen LogP contribution in [0.4, 0.5) is 0 Å². The summed E-state index contributed by atoms with van der Waals surface area (Å²) in [5, 5.41) is 13.3. The second kappa shape index (κ2) is 9.01. The third kappa shape index (κ3) is 5.94. The summed E-state index contributed by atoms with van der Waals surface area (Å²) in [6.45, 7) is 3.96. The molecule has 1 fully saturated rings. The molecule has 5 nitrogen and oxygen atoms in total. The Bertz CT molecular complexity index is 470. The highest BCUT2D eigenvalue weighted by atomic mass is 16.3. The van der Waals surface area contributed by atoms with E-state index in [1.165, 1.54) is 0 Å². The molecule has 23 heavy (non-hydrogen) atoms. The van der Waals surface area contributed by atoms with E-state index in [2.05, 4.69) is 15.1 Å². The zero-order chi connectivity index (χ0) is 16.7. The number of aliphatic hydroxyl groups is 1. The summed E-state index contributed by atoms with van der Waals surface area (Å²) in [4.78, 5) is 16.4. The number of likely N-dealkylation sites (N-methyl/N-ethyl adjacent to an activating group) is 1. The van der Waals surface area contributed by atoms with Gasteiger partial charge in [-0.15, -0.1) is 0 Å². The van der Waals surface area contributed by atoms with Crippen molar-refractivity contribution in [3.63, 3.8) is 0 Å². The number of nitrogens with zero attached hydrogens (tertiary/aromatic N) is 2. The van der Waals surface area contributed by atoms with Gasteiger partial charge in [-0.2, -0.15) is 0 Å². The van der Waals surface area contributed by atoms with Crippen molar-refractivity contribution in [2.24, 2.45) is 5.92 Å². The van der Waals surface area contributed by atoms with Gasteiger partial charge in [-0.1, -0.05) is 30.3 Å². The number of piperidine rings is 1. The van der Waals surface area contributed by atoms with Crippen LogP contribution in [0.15, 0.2) is 30.3 Å². The van der Waals surface area contributed by atoms with Crippen molar-refractivity contribution < 1.29 is 9.90 Å². The fourth-order valence-electron chi connectivity index (χ4n) is 2.95. The first-order valence-electron chi connectivity index (χ1n) is 8.44. The Morgan fingerprint density at radius 1 is 1.30 bits per heavy atom. The Morgan fingerprint density at radius 3 is 2.57 bits per heavy atom. The predicted octanol–water partition coefficient (Wildman–Crippen LogP) is 1.11. The first-order valence-corrected chi connectivity index (χ1v) is 8.44. The third-order valence-corrected chi connectivity index (χ3v) is 4.43. The van der Waals surface area contributed by atoms with Gasteiger partial charge in [-0.25, -0.2) is 0 Å². The van der Waals surface area contributed by atoms with E-state index in [0.29, 0.717) is 13.1 Å². The van der Waals surface area contributed by atoms with E-state index in [-0.39, 0.29) is 11.8 Å². The first kappa shape index (κ1) is 17.9. The number of carbonyl (C=O) groups is 1. The van der Waals surface area contributed by atoms with Crippen LogP contribution in [-0.2, 0) is 4.79 Å². The van der Waals surface area contributed by atoms with Crippen molar-refractivity contribution in [3.05, 3.63) is 35.9 Å². The number of β-amino-alcohol motifs (C(OH)–C–C–N with tert-alkyl or cyclic N) is 1. The van der Waals surface area contributed by atoms with Gasteiger partial charge in [-0.3, -0.25) is 4.79 Å². The number of hydrogen-bond acceptors (Lipinski definition) is 4. The van der Waals surface area contributed by atoms with Gasteiger partial charge in [-0.05, 0) is 45.6 Å². The van der Waals surface area contributed by atoms with Crippen LogP contribution in [0.5, 0.6) is 0 Å². The Hall–Kier alpha value is -1.43. The summed E-state index contributed by atoms with van der Waals surface area (Å²) in [6, 6.07) is 9.76. The van der Waals surface area contributed by atoms with Gasteiger partial charge in [0.1, 0.15) is 0 Å². The van der Waals surface area contributed by atoms with Crippen molar-refractivity contribution >= 4 is 5.91 Å². The number of nitrogens with one attached hydrogen (secondary N) is 1. The van der Waals surface area contributed by atoms with Gasteiger partial charge >= 0.3 is 0 Å². The van der Waals surface area contributed by atoms with E-state index in [9.17, 15) is 9.90 Å². The molecule has 0 aliphatic carbocycles. The summed E-state index contributed by atoms with van der Waals surface area (Å²) in [6.07, 6.45) is 1.28. The molecule has 0 aromatic heterocycles. The highest BCUT2D eigenvalue weighted by molar-refractivity contribution is 5.78. The molecule has 1 saturated heterocycles. The van der Waals surface area contributed by atoms with Crippen LogP contribution in [-0.4, -0.2) is 67.6 Å². The molecular formula is C18H29N3O2. The zero-order valence-electron chi connectivity index (χ0n) is 14.2. The Kier molecular flexibility index (Phi) is 7.02. The number of aliphatic hydroxyl groups excluding tert-OH is 1. The SMILES string of the molecule is CN(C)CCNC(=O)C1CCN(CC(O)c2ccccc2)CC1. The molecule has 128 valence electrons. The molecule has 1 aromatic rings. The maximum Gasteiger partial charge on any atom is 0.223 e. The van der Waals surface area contributed by atoms with Crippen LogP contribution in [0.2, 0.25) is 0 Å². The number of rotatable bonds is 7. The Balaban J connectivity index is 1.70. The van der Waals surface area contributed by atoms with Crippen molar-refractivity contribution in [2.45, 2.75) is 18.9 Å². The molecule has 1 aliphatic heterocycles. The average molecular weight is 319 g/mol. The number of benzene rings is 1. The molecule has 1 atom stereocenters. The minimum atomic E-state index is -0.457. The molecule has 2 N–H and O–H groups in total. The first-order chi connectivity index (χ1) is 11.1. The molecule has 1 aromatic carbocycles. The second-order valence-corrected chi connectivity index (χ2v) is 6.60. The molecule has 1 unspecified atom stereocenters. The molecule has 1 aliphatic rings. The monoisotopic (exact) mass is 319 g/mol. The lowest BCUT2D eigenvalue weighted by Gasteiger charge is -2.32. The van der Waals surface area contributed by atoms with Gasteiger partial charge in [0.2, 0.25) is 5.91 Å². The van der Waals surface area contributed by atoms with E-state index >= 15 is 0 Å². The Morgan fingerprint density at radius 2 is 1.96 bits per heavy atom. The van der Waals surface area contributed by atoms with E-state index in [4.69, 9.17) is 0 Å². The molecule has 0 saturated carbocycles. The van der Waals surface area contributed by atoms with Gasteiger partial charge in [0.05, 0.1) is 6.10 Å².